The molecule has 0 aliphatic rings. The van der Waals surface area contributed by atoms with Crippen LogP contribution in [0.2, 0.25) is 0 Å². The lowest BCUT2D eigenvalue weighted by Crippen LogP contribution is -2.30. The van der Waals surface area contributed by atoms with Crippen molar-refractivity contribution in [1.29, 1.82) is 0 Å². The topological polar surface area (TPSA) is 78.9 Å². The maximum absolute atomic E-state index is 12.9. The number of hydrogen-bond acceptors (Lipinski definition) is 6. The third kappa shape index (κ3) is 64.8. The van der Waals surface area contributed by atoms with E-state index < -0.39 is 6.10 Å². The van der Waals surface area contributed by atoms with Crippen LogP contribution in [0.25, 0.3) is 0 Å². The van der Waals surface area contributed by atoms with Crippen molar-refractivity contribution in [3.63, 3.8) is 0 Å². The molecule has 0 aromatic carbocycles. The first kappa shape index (κ1) is 75.1. The predicted molar refractivity (Wildman–Crippen MR) is 343 cm³/mol. The summed E-state index contributed by atoms with van der Waals surface area (Å²) in [6, 6.07) is 0. The smallest absolute Gasteiger partial charge is 0.306 e. The summed E-state index contributed by atoms with van der Waals surface area (Å²) in [6.07, 6.45) is 90.9. The van der Waals surface area contributed by atoms with E-state index in [0.29, 0.717) is 19.3 Å². The van der Waals surface area contributed by atoms with Crippen LogP contribution < -0.4 is 0 Å². The van der Waals surface area contributed by atoms with E-state index in [0.717, 1.165) is 122 Å². The number of esters is 3. The molecule has 0 aliphatic heterocycles. The van der Waals surface area contributed by atoms with E-state index in [4.69, 9.17) is 14.2 Å². The normalized spacial score (nSPS) is 12.8. The Morgan fingerprint density at radius 3 is 0.785 bits per heavy atom. The Balaban J connectivity index is 4.42. The van der Waals surface area contributed by atoms with E-state index in [9.17, 15) is 14.4 Å². The van der Waals surface area contributed by atoms with Crippen molar-refractivity contribution in [2.75, 3.05) is 13.2 Å². The SMILES string of the molecule is CC/C=C\C/C=C\C/C=C\C/C=C\CCCCCCCCCCC(=O)OCC(COC(=O)CCCCCCCCCCC/C=C\CCCCCCCC)OC(=O)CCCCCCCCCC/C=C\C/C=C\C/C=C\C/C=C\CC. The highest BCUT2D eigenvalue weighted by Crippen LogP contribution is 2.16. The molecule has 0 saturated heterocycles. The number of carbonyl (C=O) groups excluding carboxylic acids is 3. The van der Waals surface area contributed by atoms with Gasteiger partial charge in [-0.2, -0.15) is 0 Å². The molecule has 452 valence electrons. The summed E-state index contributed by atoms with van der Waals surface area (Å²) in [4.78, 5) is 38.4. The summed E-state index contributed by atoms with van der Waals surface area (Å²) in [5.41, 5.74) is 0. The monoisotopic (exact) mass is 1100 g/mol. The zero-order valence-electron chi connectivity index (χ0n) is 51.9. The largest absolute Gasteiger partial charge is 0.462 e. The third-order valence-electron chi connectivity index (χ3n) is 14.2. The Morgan fingerprint density at radius 2 is 0.494 bits per heavy atom. The molecule has 1 unspecified atom stereocenters. The Bertz CT molecular complexity index is 1590. The second-order valence-electron chi connectivity index (χ2n) is 22.0. The van der Waals surface area contributed by atoms with Gasteiger partial charge in [-0.05, 0) is 122 Å². The van der Waals surface area contributed by atoms with Crippen molar-refractivity contribution in [1.82, 2.24) is 0 Å². The van der Waals surface area contributed by atoms with Crippen LogP contribution in [-0.4, -0.2) is 37.2 Å². The maximum atomic E-state index is 12.9. The van der Waals surface area contributed by atoms with E-state index in [1.807, 2.05) is 0 Å². The van der Waals surface area contributed by atoms with Gasteiger partial charge >= 0.3 is 17.9 Å². The number of ether oxygens (including phenoxy) is 3. The summed E-state index contributed by atoms with van der Waals surface area (Å²) >= 11 is 0. The van der Waals surface area contributed by atoms with Gasteiger partial charge in [-0.3, -0.25) is 14.4 Å². The lowest BCUT2D eigenvalue weighted by atomic mass is 10.1. The van der Waals surface area contributed by atoms with Crippen molar-refractivity contribution in [2.24, 2.45) is 0 Å². The Labute approximate surface area is 489 Å². The fraction of sp³-hybridized carbons (Fsp3) is 0.712. The van der Waals surface area contributed by atoms with Crippen molar-refractivity contribution in [3.05, 3.63) is 109 Å². The molecule has 0 amide bonds. The zero-order valence-corrected chi connectivity index (χ0v) is 51.9. The van der Waals surface area contributed by atoms with Gasteiger partial charge in [0.2, 0.25) is 0 Å². The van der Waals surface area contributed by atoms with Gasteiger partial charge in [0.15, 0.2) is 6.10 Å². The van der Waals surface area contributed by atoms with Gasteiger partial charge in [-0.25, -0.2) is 0 Å². The van der Waals surface area contributed by atoms with Gasteiger partial charge in [-0.1, -0.05) is 284 Å². The fourth-order valence-corrected chi connectivity index (χ4v) is 9.30. The molecule has 0 aromatic heterocycles. The third-order valence-corrected chi connectivity index (χ3v) is 14.2. The van der Waals surface area contributed by atoms with Crippen molar-refractivity contribution >= 4 is 17.9 Å². The minimum absolute atomic E-state index is 0.0848. The molecule has 0 aromatic rings. The number of unbranched alkanes of at least 4 members (excludes halogenated alkanes) is 31. The molecule has 79 heavy (non-hydrogen) atoms. The highest BCUT2D eigenvalue weighted by molar-refractivity contribution is 5.71. The van der Waals surface area contributed by atoms with Gasteiger partial charge in [0.1, 0.15) is 13.2 Å². The highest BCUT2D eigenvalue weighted by atomic mass is 16.6. The van der Waals surface area contributed by atoms with Gasteiger partial charge in [-0.15, -0.1) is 0 Å². The minimum Gasteiger partial charge on any atom is -0.462 e. The minimum atomic E-state index is -0.791. The Kier molecular flexibility index (Phi) is 63.3. The van der Waals surface area contributed by atoms with Crippen molar-refractivity contribution in [3.8, 4) is 0 Å². The van der Waals surface area contributed by atoms with E-state index >= 15 is 0 Å². The summed E-state index contributed by atoms with van der Waals surface area (Å²) in [6.45, 7) is 6.43. The molecule has 0 radical (unpaired) electrons. The van der Waals surface area contributed by atoms with E-state index in [1.165, 1.54) is 154 Å². The fourth-order valence-electron chi connectivity index (χ4n) is 9.30. The lowest BCUT2D eigenvalue weighted by Gasteiger charge is -2.18. The molecule has 1 atom stereocenters. The second-order valence-corrected chi connectivity index (χ2v) is 22.0. The average Bonchev–Trinajstić information content (AvgIpc) is 3.45. The van der Waals surface area contributed by atoms with E-state index in [-0.39, 0.29) is 31.1 Å². The molecule has 0 spiro atoms. The number of rotatable bonds is 60. The second kappa shape index (κ2) is 66.6. The molecule has 0 bridgehead atoms. The first-order valence-electron chi connectivity index (χ1n) is 33.4. The molecule has 6 nitrogen and oxygen atoms in total. The summed E-state index contributed by atoms with van der Waals surface area (Å²) in [7, 11) is 0. The first-order chi connectivity index (χ1) is 39.0. The van der Waals surface area contributed by atoms with Crippen molar-refractivity contribution < 1.29 is 28.6 Å². The standard InChI is InChI=1S/C73H124O6/c1-4-7-10-13-16-19-22-25-28-31-34-36-39-42-45-48-51-54-57-60-63-66-72(75)78-69-70(68-77-71(74)65-62-59-56-53-50-47-44-41-38-33-30-27-24-21-18-15-12-9-6-3)79-73(76)67-64-61-58-55-52-49-46-43-40-37-35-32-29-26-23-20-17-14-11-8-5-2/h7-8,10-11,16-17,19-20,25-30,34-37,70H,4-6,9,12-15,18,21-24,31-33,38-69H2,1-3H3/b10-7-,11-8-,19-16-,20-17-,28-25-,29-26-,30-27-,36-34-,37-35-. The van der Waals surface area contributed by atoms with Crippen LogP contribution in [0.5, 0.6) is 0 Å². The molecule has 0 N–H and O–H groups in total. The van der Waals surface area contributed by atoms with Gasteiger partial charge < -0.3 is 14.2 Å². The Hall–Kier alpha value is -3.93. The summed E-state index contributed by atoms with van der Waals surface area (Å²) in [5.74, 6) is -0.892. The van der Waals surface area contributed by atoms with Crippen LogP contribution in [0.1, 0.15) is 316 Å². The molecular weight excluding hydrogens is 973 g/mol. The van der Waals surface area contributed by atoms with Crippen LogP contribution in [0.3, 0.4) is 0 Å². The zero-order chi connectivity index (χ0) is 57.1. The summed E-state index contributed by atoms with van der Waals surface area (Å²) < 4.78 is 17.0. The van der Waals surface area contributed by atoms with Gasteiger partial charge in [0, 0.05) is 19.3 Å². The number of hydrogen-bond donors (Lipinski definition) is 0. The van der Waals surface area contributed by atoms with Gasteiger partial charge in [0.25, 0.3) is 0 Å². The first-order valence-corrected chi connectivity index (χ1v) is 33.4. The number of carbonyl (C=O) groups is 3. The average molecular weight is 1100 g/mol. The molecule has 0 fully saturated rings. The molecular formula is C73H124O6. The Morgan fingerprint density at radius 1 is 0.266 bits per heavy atom. The number of allylic oxidation sites excluding steroid dienone is 18. The van der Waals surface area contributed by atoms with Crippen LogP contribution in [0.15, 0.2) is 109 Å². The van der Waals surface area contributed by atoms with E-state index in [1.54, 1.807) is 0 Å². The summed E-state index contributed by atoms with van der Waals surface area (Å²) in [5, 5.41) is 0. The molecule has 0 saturated carbocycles. The lowest BCUT2D eigenvalue weighted by molar-refractivity contribution is -0.167. The van der Waals surface area contributed by atoms with Crippen LogP contribution in [0, 0.1) is 0 Å². The van der Waals surface area contributed by atoms with Crippen molar-refractivity contribution in [2.45, 2.75) is 322 Å². The molecule has 6 heteroatoms. The van der Waals surface area contributed by atoms with Crippen LogP contribution in [0.4, 0.5) is 0 Å². The van der Waals surface area contributed by atoms with Crippen LogP contribution >= 0.6 is 0 Å². The maximum Gasteiger partial charge on any atom is 0.306 e. The highest BCUT2D eigenvalue weighted by Gasteiger charge is 2.19. The van der Waals surface area contributed by atoms with E-state index in [2.05, 4.69) is 130 Å². The molecule has 0 aliphatic carbocycles. The predicted octanol–water partition coefficient (Wildman–Crippen LogP) is 23.0. The quantitative estimate of drug-likeness (QED) is 0.0261. The molecule has 0 heterocycles. The molecule has 0 rings (SSSR count). The van der Waals surface area contributed by atoms with Crippen LogP contribution in [-0.2, 0) is 28.6 Å². The van der Waals surface area contributed by atoms with Gasteiger partial charge in [0.05, 0.1) is 0 Å².